The second-order valence-corrected chi connectivity index (χ2v) is 5.02. The first-order chi connectivity index (χ1) is 8.16. The largest absolute Gasteiger partial charge is 0.306 e. The average Bonchev–Trinajstić information content (AvgIpc) is 2.84. The van der Waals surface area contributed by atoms with Crippen LogP contribution in [0.3, 0.4) is 0 Å². The zero-order chi connectivity index (χ0) is 12.3. The normalized spacial score (nSPS) is 12.6. The Bertz CT molecular complexity index is 479. The van der Waals surface area contributed by atoms with Crippen LogP contribution in [0.25, 0.3) is 0 Å². The first kappa shape index (κ1) is 12.3. The Morgan fingerprint density at radius 1 is 1.35 bits per heavy atom. The van der Waals surface area contributed by atoms with Crippen molar-refractivity contribution in [3.63, 3.8) is 0 Å². The molecule has 1 heterocycles. The van der Waals surface area contributed by atoms with Gasteiger partial charge in [0.05, 0.1) is 0 Å². The second kappa shape index (κ2) is 5.43. The number of benzene rings is 1. The van der Waals surface area contributed by atoms with Gasteiger partial charge >= 0.3 is 0 Å². The van der Waals surface area contributed by atoms with E-state index in [-0.39, 0.29) is 5.82 Å². The van der Waals surface area contributed by atoms with Crippen molar-refractivity contribution in [1.82, 2.24) is 5.32 Å². The quantitative estimate of drug-likeness (QED) is 0.862. The molecule has 0 radical (unpaired) electrons. The van der Waals surface area contributed by atoms with Crippen LogP contribution in [0.5, 0.6) is 0 Å². The SMILES string of the molecule is Cc1cc(CNC(C)c2ccsc2)ccc1F. The highest BCUT2D eigenvalue weighted by Gasteiger charge is 2.05. The molecule has 17 heavy (non-hydrogen) atoms. The molecule has 0 saturated heterocycles. The molecular formula is C14H16FNS. The fourth-order valence-corrected chi connectivity index (χ4v) is 2.48. The molecule has 1 nitrogen and oxygen atoms in total. The Morgan fingerprint density at radius 2 is 2.18 bits per heavy atom. The van der Waals surface area contributed by atoms with Gasteiger partial charge in [-0.1, -0.05) is 12.1 Å². The summed E-state index contributed by atoms with van der Waals surface area (Å²) < 4.78 is 13.1. The van der Waals surface area contributed by atoms with E-state index in [2.05, 4.69) is 29.1 Å². The van der Waals surface area contributed by atoms with Crippen LogP contribution in [0, 0.1) is 12.7 Å². The first-order valence-corrected chi connectivity index (χ1v) is 6.61. The summed E-state index contributed by atoms with van der Waals surface area (Å²) in [6, 6.07) is 7.70. The van der Waals surface area contributed by atoms with Gasteiger partial charge in [0.1, 0.15) is 5.82 Å². The van der Waals surface area contributed by atoms with Crippen LogP contribution >= 0.6 is 11.3 Å². The van der Waals surface area contributed by atoms with Crippen molar-refractivity contribution >= 4 is 11.3 Å². The fourth-order valence-electron chi connectivity index (χ4n) is 1.73. The van der Waals surface area contributed by atoms with Crippen LogP contribution < -0.4 is 5.32 Å². The van der Waals surface area contributed by atoms with Crippen molar-refractivity contribution in [3.8, 4) is 0 Å². The van der Waals surface area contributed by atoms with Gasteiger partial charge < -0.3 is 5.32 Å². The van der Waals surface area contributed by atoms with Crippen LogP contribution in [-0.2, 0) is 6.54 Å². The number of nitrogens with one attached hydrogen (secondary N) is 1. The topological polar surface area (TPSA) is 12.0 Å². The van der Waals surface area contributed by atoms with Gasteiger partial charge in [0, 0.05) is 12.6 Å². The average molecular weight is 249 g/mol. The number of thiophene rings is 1. The van der Waals surface area contributed by atoms with Gasteiger partial charge in [-0.3, -0.25) is 0 Å². The van der Waals surface area contributed by atoms with E-state index in [0.717, 1.165) is 12.1 Å². The van der Waals surface area contributed by atoms with Crippen molar-refractivity contribution in [2.75, 3.05) is 0 Å². The van der Waals surface area contributed by atoms with E-state index in [1.807, 2.05) is 12.1 Å². The zero-order valence-corrected chi connectivity index (χ0v) is 10.9. The molecule has 2 rings (SSSR count). The maximum Gasteiger partial charge on any atom is 0.126 e. The van der Waals surface area contributed by atoms with Crippen molar-refractivity contribution in [2.24, 2.45) is 0 Å². The van der Waals surface area contributed by atoms with E-state index in [9.17, 15) is 4.39 Å². The van der Waals surface area contributed by atoms with Crippen LogP contribution in [-0.4, -0.2) is 0 Å². The number of aryl methyl sites for hydroxylation is 1. The molecular weight excluding hydrogens is 233 g/mol. The minimum absolute atomic E-state index is 0.139. The third-order valence-electron chi connectivity index (χ3n) is 2.88. The highest BCUT2D eigenvalue weighted by molar-refractivity contribution is 7.07. The Kier molecular flexibility index (Phi) is 3.92. The number of halogens is 1. The van der Waals surface area contributed by atoms with Gasteiger partial charge in [-0.05, 0) is 53.4 Å². The summed E-state index contributed by atoms with van der Waals surface area (Å²) in [5, 5.41) is 7.66. The lowest BCUT2D eigenvalue weighted by atomic mass is 10.1. The Labute approximate surface area is 105 Å². The van der Waals surface area contributed by atoms with Crippen LogP contribution in [0.1, 0.15) is 29.7 Å². The summed E-state index contributed by atoms with van der Waals surface area (Å²) in [6.45, 7) is 4.69. The van der Waals surface area contributed by atoms with E-state index >= 15 is 0 Å². The molecule has 0 saturated carbocycles. The Balaban J connectivity index is 1.96. The first-order valence-electron chi connectivity index (χ1n) is 5.67. The predicted octanol–water partition coefficient (Wildman–Crippen LogP) is 4.05. The molecule has 0 spiro atoms. The van der Waals surface area contributed by atoms with Gasteiger partial charge in [-0.2, -0.15) is 11.3 Å². The number of hydrogen-bond donors (Lipinski definition) is 1. The van der Waals surface area contributed by atoms with Gasteiger partial charge in [0.2, 0.25) is 0 Å². The van der Waals surface area contributed by atoms with E-state index in [1.54, 1.807) is 18.3 Å². The summed E-state index contributed by atoms with van der Waals surface area (Å²) in [5.74, 6) is -0.139. The minimum Gasteiger partial charge on any atom is -0.306 e. The summed E-state index contributed by atoms with van der Waals surface area (Å²) in [7, 11) is 0. The van der Waals surface area contributed by atoms with Gasteiger partial charge in [-0.15, -0.1) is 0 Å². The molecule has 1 atom stereocenters. The molecule has 3 heteroatoms. The smallest absolute Gasteiger partial charge is 0.126 e. The fraction of sp³-hybridized carbons (Fsp3) is 0.286. The maximum atomic E-state index is 13.1. The lowest BCUT2D eigenvalue weighted by Crippen LogP contribution is -2.17. The zero-order valence-electron chi connectivity index (χ0n) is 10.0. The van der Waals surface area contributed by atoms with Gasteiger partial charge in [0.25, 0.3) is 0 Å². The summed E-state index contributed by atoms with van der Waals surface area (Å²) in [6.07, 6.45) is 0. The van der Waals surface area contributed by atoms with E-state index in [0.29, 0.717) is 11.6 Å². The molecule has 2 aromatic rings. The molecule has 1 N–H and O–H groups in total. The molecule has 0 aliphatic rings. The van der Waals surface area contributed by atoms with Crippen molar-refractivity contribution < 1.29 is 4.39 Å². The minimum atomic E-state index is -0.139. The summed E-state index contributed by atoms with van der Waals surface area (Å²) in [4.78, 5) is 0. The molecule has 90 valence electrons. The predicted molar refractivity (Wildman–Crippen MR) is 70.7 cm³/mol. The molecule has 0 bridgehead atoms. The van der Waals surface area contributed by atoms with Crippen LogP contribution in [0.15, 0.2) is 35.0 Å². The summed E-state index contributed by atoms with van der Waals surface area (Å²) in [5.41, 5.74) is 3.12. The maximum absolute atomic E-state index is 13.1. The van der Waals surface area contributed by atoms with Crippen molar-refractivity contribution in [1.29, 1.82) is 0 Å². The third kappa shape index (κ3) is 3.14. The lowest BCUT2D eigenvalue weighted by Gasteiger charge is -2.12. The molecule has 1 unspecified atom stereocenters. The third-order valence-corrected chi connectivity index (χ3v) is 3.58. The molecule has 1 aromatic carbocycles. The second-order valence-electron chi connectivity index (χ2n) is 4.24. The number of rotatable bonds is 4. The molecule has 0 fully saturated rings. The van der Waals surface area contributed by atoms with E-state index in [1.165, 1.54) is 11.6 Å². The molecule has 0 aliphatic heterocycles. The summed E-state index contributed by atoms with van der Waals surface area (Å²) >= 11 is 1.70. The van der Waals surface area contributed by atoms with Gasteiger partial charge in [0.15, 0.2) is 0 Å². The van der Waals surface area contributed by atoms with Crippen LogP contribution in [0.4, 0.5) is 4.39 Å². The highest BCUT2D eigenvalue weighted by atomic mass is 32.1. The van der Waals surface area contributed by atoms with E-state index < -0.39 is 0 Å². The van der Waals surface area contributed by atoms with Crippen molar-refractivity contribution in [3.05, 3.63) is 57.5 Å². The van der Waals surface area contributed by atoms with Gasteiger partial charge in [-0.25, -0.2) is 4.39 Å². The highest BCUT2D eigenvalue weighted by Crippen LogP contribution is 2.16. The van der Waals surface area contributed by atoms with Crippen LogP contribution in [0.2, 0.25) is 0 Å². The van der Waals surface area contributed by atoms with E-state index in [4.69, 9.17) is 0 Å². The molecule has 0 amide bonds. The Morgan fingerprint density at radius 3 is 2.82 bits per heavy atom. The number of hydrogen-bond acceptors (Lipinski definition) is 2. The lowest BCUT2D eigenvalue weighted by molar-refractivity contribution is 0.573. The van der Waals surface area contributed by atoms with Crippen molar-refractivity contribution in [2.45, 2.75) is 26.4 Å². The standard InChI is InChI=1S/C14H16FNS/c1-10-7-12(3-4-14(10)15)8-16-11(2)13-5-6-17-9-13/h3-7,9,11,16H,8H2,1-2H3. The Hall–Kier alpha value is -1.19. The monoisotopic (exact) mass is 249 g/mol. The molecule has 0 aliphatic carbocycles. The molecule has 1 aromatic heterocycles.